The highest BCUT2D eigenvalue weighted by Gasteiger charge is 2.19. The van der Waals surface area contributed by atoms with E-state index >= 15 is 0 Å². The first-order valence-electron chi connectivity index (χ1n) is 11.6. The molecule has 2 heterocycles. The number of nitrogens with one attached hydrogen (secondary N) is 1. The van der Waals surface area contributed by atoms with Crippen molar-refractivity contribution in [3.05, 3.63) is 66.5 Å². The van der Waals surface area contributed by atoms with Gasteiger partial charge in [0.1, 0.15) is 28.7 Å². The number of nitrogens with zero attached hydrogens (tertiary/aromatic N) is 3. The number of ether oxygens (including phenoxy) is 1. The fourth-order valence-corrected chi connectivity index (χ4v) is 4.56. The molecule has 34 heavy (non-hydrogen) atoms. The second-order valence-corrected chi connectivity index (χ2v) is 8.70. The maximum absolute atomic E-state index is 14.7. The summed E-state index contributed by atoms with van der Waals surface area (Å²) in [5.74, 6) is 1.09. The van der Waals surface area contributed by atoms with Crippen LogP contribution in [0, 0.1) is 17.6 Å². The van der Waals surface area contributed by atoms with Crippen molar-refractivity contribution in [3.8, 4) is 28.3 Å². The SMILES string of the molecule is CNc1nc(-c2cccnc2)nc2c(OCC3CCCCC3)cc(-c3cc(F)ccc3F)cc12. The van der Waals surface area contributed by atoms with Crippen molar-refractivity contribution in [2.75, 3.05) is 19.0 Å². The first kappa shape index (κ1) is 22.2. The zero-order chi connectivity index (χ0) is 23.5. The zero-order valence-electron chi connectivity index (χ0n) is 19.0. The Labute approximate surface area is 197 Å². The lowest BCUT2D eigenvalue weighted by Gasteiger charge is -2.22. The molecule has 2 aromatic heterocycles. The van der Waals surface area contributed by atoms with Crippen molar-refractivity contribution >= 4 is 16.7 Å². The van der Waals surface area contributed by atoms with E-state index in [0.717, 1.165) is 30.5 Å². The Kier molecular flexibility index (Phi) is 6.34. The largest absolute Gasteiger partial charge is 0.491 e. The Morgan fingerprint density at radius 2 is 1.85 bits per heavy atom. The van der Waals surface area contributed by atoms with Crippen LogP contribution in [0.4, 0.5) is 14.6 Å². The van der Waals surface area contributed by atoms with Gasteiger partial charge in [-0.3, -0.25) is 4.98 Å². The third-order valence-corrected chi connectivity index (χ3v) is 6.36. The molecule has 4 aromatic rings. The number of halogens is 2. The minimum atomic E-state index is -0.502. The third-order valence-electron chi connectivity index (χ3n) is 6.36. The summed E-state index contributed by atoms with van der Waals surface area (Å²) in [6.45, 7) is 0.561. The van der Waals surface area contributed by atoms with Gasteiger partial charge < -0.3 is 10.1 Å². The van der Waals surface area contributed by atoms with Crippen LogP contribution in [0.3, 0.4) is 0 Å². The molecule has 0 aliphatic heterocycles. The first-order valence-corrected chi connectivity index (χ1v) is 11.6. The van der Waals surface area contributed by atoms with Crippen LogP contribution in [0.15, 0.2) is 54.9 Å². The second kappa shape index (κ2) is 9.71. The van der Waals surface area contributed by atoms with Gasteiger partial charge in [-0.15, -0.1) is 0 Å². The molecule has 1 aliphatic rings. The first-order chi connectivity index (χ1) is 16.6. The van der Waals surface area contributed by atoms with Gasteiger partial charge in [-0.2, -0.15) is 0 Å². The highest BCUT2D eigenvalue weighted by atomic mass is 19.1. The molecule has 2 aromatic carbocycles. The summed E-state index contributed by atoms with van der Waals surface area (Å²) < 4.78 is 35.0. The summed E-state index contributed by atoms with van der Waals surface area (Å²) >= 11 is 0. The number of rotatable bonds is 6. The Balaban J connectivity index is 1.67. The molecular weight excluding hydrogens is 434 g/mol. The van der Waals surface area contributed by atoms with Crippen LogP contribution in [-0.4, -0.2) is 28.6 Å². The van der Waals surface area contributed by atoms with Crippen LogP contribution in [0.25, 0.3) is 33.4 Å². The molecular formula is C27H26F2N4O. The van der Waals surface area contributed by atoms with Crippen molar-refractivity contribution in [1.29, 1.82) is 0 Å². The van der Waals surface area contributed by atoms with E-state index in [9.17, 15) is 8.78 Å². The number of hydrogen-bond donors (Lipinski definition) is 1. The van der Waals surface area contributed by atoms with Crippen molar-refractivity contribution in [2.24, 2.45) is 5.92 Å². The monoisotopic (exact) mass is 460 g/mol. The number of anilines is 1. The number of hydrogen-bond acceptors (Lipinski definition) is 5. The molecule has 0 spiro atoms. The molecule has 5 nitrogen and oxygen atoms in total. The Bertz CT molecular complexity index is 1310. The average molecular weight is 461 g/mol. The Morgan fingerprint density at radius 3 is 2.62 bits per heavy atom. The molecule has 0 atom stereocenters. The fraction of sp³-hybridized carbons (Fsp3) is 0.296. The second-order valence-electron chi connectivity index (χ2n) is 8.70. The van der Waals surface area contributed by atoms with Gasteiger partial charge in [0.25, 0.3) is 0 Å². The lowest BCUT2D eigenvalue weighted by Crippen LogP contribution is -2.15. The van der Waals surface area contributed by atoms with Gasteiger partial charge in [-0.05, 0) is 66.8 Å². The maximum atomic E-state index is 14.7. The van der Waals surface area contributed by atoms with E-state index in [1.54, 1.807) is 31.6 Å². The zero-order valence-corrected chi connectivity index (χ0v) is 19.0. The number of aromatic nitrogens is 3. The highest BCUT2D eigenvalue weighted by Crippen LogP contribution is 2.37. The quantitative estimate of drug-likeness (QED) is 0.350. The van der Waals surface area contributed by atoms with Gasteiger partial charge in [0.15, 0.2) is 5.82 Å². The average Bonchev–Trinajstić information content (AvgIpc) is 2.89. The third kappa shape index (κ3) is 4.55. The smallest absolute Gasteiger partial charge is 0.163 e. The molecule has 1 saturated carbocycles. The topological polar surface area (TPSA) is 59.9 Å². The summed E-state index contributed by atoms with van der Waals surface area (Å²) in [6, 6.07) is 10.7. The molecule has 0 saturated heterocycles. The van der Waals surface area contributed by atoms with Crippen LogP contribution < -0.4 is 10.1 Å². The molecule has 0 bridgehead atoms. The van der Waals surface area contributed by atoms with E-state index in [1.807, 2.05) is 12.1 Å². The van der Waals surface area contributed by atoms with Crippen LogP contribution in [0.1, 0.15) is 32.1 Å². The Morgan fingerprint density at radius 1 is 1.00 bits per heavy atom. The normalized spacial score (nSPS) is 14.3. The van der Waals surface area contributed by atoms with Crippen molar-refractivity contribution in [1.82, 2.24) is 15.0 Å². The molecule has 5 rings (SSSR count). The van der Waals surface area contributed by atoms with E-state index in [-0.39, 0.29) is 5.56 Å². The maximum Gasteiger partial charge on any atom is 0.163 e. The van der Waals surface area contributed by atoms with Crippen LogP contribution in [0.2, 0.25) is 0 Å². The van der Waals surface area contributed by atoms with Crippen molar-refractivity contribution < 1.29 is 13.5 Å². The minimum Gasteiger partial charge on any atom is -0.491 e. The molecule has 1 aliphatic carbocycles. The van der Waals surface area contributed by atoms with Crippen molar-refractivity contribution in [2.45, 2.75) is 32.1 Å². The van der Waals surface area contributed by atoms with E-state index in [4.69, 9.17) is 9.72 Å². The van der Waals surface area contributed by atoms with E-state index in [2.05, 4.69) is 15.3 Å². The predicted octanol–water partition coefficient (Wildman–Crippen LogP) is 6.64. The Hall–Kier alpha value is -3.61. The molecule has 1 N–H and O–H groups in total. The van der Waals surface area contributed by atoms with Gasteiger partial charge in [-0.25, -0.2) is 18.7 Å². The van der Waals surface area contributed by atoms with Gasteiger partial charge in [0, 0.05) is 36.0 Å². The number of fused-ring (bicyclic) bond motifs is 1. The summed E-state index contributed by atoms with van der Waals surface area (Å²) in [6.07, 6.45) is 9.35. The van der Waals surface area contributed by atoms with Gasteiger partial charge in [-0.1, -0.05) is 19.3 Å². The van der Waals surface area contributed by atoms with Crippen LogP contribution in [-0.2, 0) is 0 Å². The van der Waals surface area contributed by atoms with E-state index in [1.165, 1.54) is 25.3 Å². The standard InChI is InChI=1S/C27H26F2N4O/c1-30-27-22-12-19(21-14-20(28)9-10-23(21)29)13-24(34-16-17-6-3-2-4-7-17)25(22)32-26(33-27)18-8-5-11-31-15-18/h5,8-15,17H,2-4,6-7,16H2,1H3,(H,30,32,33). The predicted molar refractivity (Wildman–Crippen MR) is 130 cm³/mol. The summed E-state index contributed by atoms with van der Waals surface area (Å²) in [5.41, 5.74) is 2.08. The lowest BCUT2D eigenvalue weighted by atomic mass is 9.90. The van der Waals surface area contributed by atoms with E-state index in [0.29, 0.717) is 46.4 Å². The molecule has 0 amide bonds. The summed E-state index contributed by atoms with van der Waals surface area (Å²) in [4.78, 5) is 13.7. The molecule has 0 radical (unpaired) electrons. The highest BCUT2D eigenvalue weighted by molar-refractivity contribution is 5.97. The minimum absolute atomic E-state index is 0.169. The van der Waals surface area contributed by atoms with Crippen LogP contribution >= 0.6 is 0 Å². The molecule has 7 heteroatoms. The lowest BCUT2D eigenvalue weighted by molar-refractivity contribution is 0.210. The van der Waals surface area contributed by atoms with Gasteiger partial charge in [0.2, 0.25) is 0 Å². The fourth-order valence-electron chi connectivity index (χ4n) is 4.56. The van der Waals surface area contributed by atoms with Gasteiger partial charge in [0.05, 0.1) is 6.61 Å². The molecule has 1 fully saturated rings. The van der Waals surface area contributed by atoms with Crippen LogP contribution in [0.5, 0.6) is 5.75 Å². The number of pyridine rings is 1. The molecule has 0 unspecified atom stereocenters. The van der Waals surface area contributed by atoms with E-state index < -0.39 is 11.6 Å². The summed E-state index contributed by atoms with van der Waals surface area (Å²) in [5, 5.41) is 3.80. The van der Waals surface area contributed by atoms with Gasteiger partial charge >= 0.3 is 0 Å². The van der Waals surface area contributed by atoms with Crippen molar-refractivity contribution in [3.63, 3.8) is 0 Å². The molecule has 174 valence electrons. The number of benzene rings is 2. The summed E-state index contributed by atoms with van der Waals surface area (Å²) in [7, 11) is 1.77.